The van der Waals surface area contributed by atoms with E-state index in [-0.39, 0.29) is 0 Å². The fourth-order valence-corrected chi connectivity index (χ4v) is 3.82. The van der Waals surface area contributed by atoms with E-state index in [1.807, 2.05) is 18.2 Å². The highest BCUT2D eigenvalue weighted by Crippen LogP contribution is 2.61. The summed E-state index contributed by atoms with van der Waals surface area (Å²) >= 11 is 0. The molecule has 0 heterocycles. The lowest BCUT2D eigenvalue weighted by Crippen LogP contribution is -2.48. The van der Waals surface area contributed by atoms with Crippen LogP contribution in [0.2, 0.25) is 0 Å². The van der Waals surface area contributed by atoms with Gasteiger partial charge in [-0.1, -0.05) is 54.6 Å². The molecule has 18 heavy (non-hydrogen) atoms. The van der Waals surface area contributed by atoms with Crippen LogP contribution in [0.1, 0.15) is 29.0 Å². The Kier molecular flexibility index (Phi) is 1.98. The molecule has 1 heteroatoms. The Labute approximate surface area is 107 Å². The van der Waals surface area contributed by atoms with E-state index in [9.17, 15) is 5.11 Å². The van der Waals surface area contributed by atoms with Gasteiger partial charge >= 0.3 is 0 Å². The van der Waals surface area contributed by atoms with Crippen LogP contribution in [0.15, 0.2) is 54.6 Å². The normalized spacial score (nSPS) is 32.5. The molecule has 1 fully saturated rings. The summed E-state index contributed by atoms with van der Waals surface area (Å²) in [6, 6.07) is 18.8. The molecule has 1 saturated carbocycles. The molecule has 2 aromatic carbocycles. The van der Waals surface area contributed by atoms with Gasteiger partial charge in [-0.25, -0.2) is 0 Å². The van der Waals surface area contributed by atoms with Crippen LogP contribution >= 0.6 is 0 Å². The van der Waals surface area contributed by atoms with Crippen LogP contribution in [0.5, 0.6) is 0 Å². The average Bonchev–Trinajstić information content (AvgIpc) is 2.74. The molecule has 0 radical (unpaired) electrons. The van der Waals surface area contributed by atoms with Crippen molar-refractivity contribution in [2.24, 2.45) is 5.92 Å². The van der Waals surface area contributed by atoms with Crippen LogP contribution in [0, 0.1) is 5.92 Å². The van der Waals surface area contributed by atoms with Gasteiger partial charge in [-0.3, -0.25) is 0 Å². The smallest absolute Gasteiger partial charge is 0.0939 e. The van der Waals surface area contributed by atoms with E-state index >= 15 is 0 Å². The Bertz CT molecular complexity index is 590. The molecule has 3 atom stereocenters. The molecule has 0 aliphatic heterocycles. The summed E-state index contributed by atoms with van der Waals surface area (Å²) in [5.41, 5.74) is 3.37. The Balaban J connectivity index is 1.72. The van der Waals surface area contributed by atoms with Gasteiger partial charge in [0.2, 0.25) is 0 Å². The van der Waals surface area contributed by atoms with Gasteiger partial charge in [0.05, 0.1) is 5.60 Å². The SMILES string of the molecule is OC1(c2ccccc2)CC2c3ccccc3CC21. The van der Waals surface area contributed by atoms with Gasteiger partial charge in [-0.2, -0.15) is 0 Å². The lowest BCUT2D eigenvalue weighted by Gasteiger charge is -2.49. The molecule has 4 rings (SSSR count). The van der Waals surface area contributed by atoms with E-state index in [1.165, 1.54) is 11.1 Å². The van der Waals surface area contributed by atoms with E-state index in [0.717, 1.165) is 18.4 Å². The zero-order valence-corrected chi connectivity index (χ0v) is 10.2. The number of hydrogen-bond donors (Lipinski definition) is 1. The maximum atomic E-state index is 10.9. The van der Waals surface area contributed by atoms with Crippen LogP contribution in [-0.2, 0) is 12.0 Å². The quantitative estimate of drug-likeness (QED) is 0.806. The highest BCUT2D eigenvalue weighted by molar-refractivity contribution is 5.44. The molecule has 2 aliphatic carbocycles. The molecular formula is C17H16O. The maximum Gasteiger partial charge on any atom is 0.0939 e. The lowest BCUT2D eigenvalue weighted by atomic mass is 9.59. The molecule has 0 amide bonds. The molecular weight excluding hydrogens is 220 g/mol. The third-order valence-electron chi connectivity index (χ3n) is 4.80. The summed E-state index contributed by atoms with van der Waals surface area (Å²) in [5, 5.41) is 10.9. The first-order valence-corrected chi connectivity index (χ1v) is 6.65. The fourth-order valence-electron chi connectivity index (χ4n) is 3.82. The van der Waals surface area contributed by atoms with Gasteiger partial charge in [-0.15, -0.1) is 0 Å². The highest BCUT2D eigenvalue weighted by Gasteiger charge is 2.57. The van der Waals surface area contributed by atoms with E-state index in [4.69, 9.17) is 0 Å². The van der Waals surface area contributed by atoms with Crippen molar-refractivity contribution < 1.29 is 5.11 Å². The molecule has 0 bridgehead atoms. The minimum Gasteiger partial charge on any atom is -0.385 e. The number of aliphatic hydroxyl groups is 1. The van der Waals surface area contributed by atoms with Crippen molar-refractivity contribution >= 4 is 0 Å². The van der Waals surface area contributed by atoms with Gasteiger partial charge in [0.15, 0.2) is 0 Å². The van der Waals surface area contributed by atoms with Crippen molar-refractivity contribution in [3.05, 3.63) is 71.3 Å². The van der Waals surface area contributed by atoms with Crippen molar-refractivity contribution in [2.45, 2.75) is 24.4 Å². The highest BCUT2D eigenvalue weighted by atomic mass is 16.3. The van der Waals surface area contributed by atoms with Crippen LogP contribution in [-0.4, -0.2) is 5.11 Å². The van der Waals surface area contributed by atoms with Crippen molar-refractivity contribution in [3.63, 3.8) is 0 Å². The summed E-state index contributed by atoms with van der Waals surface area (Å²) < 4.78 is 0. The summed E-state index contributed by atoms with van der Waals surface area (Å²) in [6.45, 7) is 0. The predicted octanol–water partition coefficient (Wildman–Crippen LogP) is 3.23. The topological polar surface area (TPSA) is 20.2 Å². The second kappa shape index (κ2) is 3.46. The van der Waals surface area contributed by atoms with E-state index in [1.54, 1.807) is 0 Å². The molecule has 3 unspecified atom stereocenters. The molecule has 90 valence electrons. The first-order chi connectivity index (χ1) is 8.79. The summed E-state index contributed by atoms with van der Waals surface area (Å²) in [7, 11) is 0. The molecule has 1 nitrogen and oxygen atoms in total. The first-order valence-electron chi connectivity index (χ1n) is 6.65. The van der Waals surface area contributed by atoms with Crippen LogP contribution in [0.4, 0.5) is 0 Å². The standard InChI is InChI=1S/C17H16O/c18-17(13-7-2-1-3-8-13)11-15-14-9-5-4-6-12(14)10-16(15)17/h1-9,15-16,18H,10-11H2. The molecule has 0 aromatic heterocycles. The van der Waals surface area contributed by atoms with Crippen molar-refractivity contribution in [3.8, 4) is 0 Å². The van der Waals surface area contributed by atoms with Gasteiger partial charge in [0, 0.05) is 5.92 Å². The predicted molar refractivity (Wildman–Crippen MR) is 71.3 cm³/mol. The van der Waals surface area contributed by atoms with E-state index in [0.29, 0.717) is 11.8 Å². The van der Waals surface area contributed by atoms with Crippen LogP contribution in [0.25, 0.3) is 0 Å². The maximum absolute atomic E-state index is 10.9. The Hall–Kier alpha value is -1.60. The molecule has 1 N–H and O–H groups in total. The van der Waals surface area contributed by atoms with Gasteiger partial charge < -0.3 is 5.11 Å². The van der Waals surface area contributed by atoms with Crippen LogP contribution in [0.3, 0.4) is 0 Å². The Morgan fingerprint density at radius 1 is 0.944 bits per heavy atom. The summed E-state index contributed by atoms with van der Waals surface area (Å²) in [6.07, 6.45) is 1.89. The Morgan fingerprint density at radius 2 is 1.67 bits per heavy atom. The number of hydrogen-bond acceptors (Lipinski definition) is 1. The monoisotopic (exact) mass is 236 g/mol. The third-order valence-corrected chi connectivity index (χ3v) is 4.80. The second-order valence-electron chi connectivity index (χ2n) is 5.61. The third kappa shape index (κ3) is 1.20. The van der Waals surface area contributed by atoms with Gasteiger partial charge in [-0.05, 0) is 35.4 Å². The van der Waals surface area contributed by atoms with E-state index in [2.05, 4.69) is 36.4 Å². The second-order valence-corrected chi connectivity index (χ2v) is 5.61. The van der Waals surface area contributed by atoms with Crippen LogP contribution < -0.4 is 0 Å². The summed E-state index contributed by atoms with van der Waals surface area (Å²) in [4.78, 5) is 0. The minimum atomic E-state index is -0.606. The first kappa shape index (κ1) is 10.3. The minimum absolute atomic E-state index is 0.373. The lowest BCUT2D eigenvalue weighted by molar-refractivity contribution is -0.112. The number of benzene rings is 2. The zero-order valence-electron chi connectivity index (χ0n) is 10.2. The molecule has 2 aliphatic rings. The summed E-state index contributed by atoms with van der Waals surface area (Å²) in [5.74, 6) is 0.934. The average molecular weight is 236 g/mol. The molecule has 0 saturated heterocycles. The molecule has 0 spiro atoms. The number of rotatable bonds is 1. The fraction of sp³-hybridized carbons (Fsp3) is 0.294. The molecule has 2 aromatic rings. The van der Waals surface area contributed by atoms with Crippen molar-refractivity contribution in [1.82, 2.24) is 0 Å². The largest absolute Gasteiger partial charge is 0.385 e. The number of fused-ring (bicyclic) bond motifs is 3. The zero-order chi connectivity index (χ0) is 12.2. The van der Waals surface area contributed by atoms with Crippen molar-refractivity contribution in [1.29, 1.82) is 0 Å². The van der Waals surface area contributed by atoms with Gasteiger partial charge in [0.25, 0.3) is 0 Å². The van der Waals surface area contributed by atoms with Crippen molar-refractivity contribution in [2.75, 3.05) is 0 Å². The van der Waals surface area contributed by atoms with Gasteiger partial charge in [0.1, 0.15) is 0 Å². The Morgan fingerprint density at radius 3 is 2.50 bits per heavy atom. The van der Waals surface area contributed by atoms with E-state index < -0.39 is 5.60 Å².